The minimum Gasteiger partial charge on any atom is -0.345 e. The summed E-state index contributed by atoms with van der Waals surface area (Å²) in [5.74, 6) is 3.10. The highest BCUT2D eigenvalue weighted by atomic mass is 16.2. The Hall–Kier alpha value is -1.06. The molecule has 4 bridgehead atoms. The molecular formula is C21H36N2O2. The van der Waals surface area contributed by atoms with Crippen LogP contribution in [0.25, 0.3) is 0 Å². The van der Waals surface area contributed by atoms with Crippen LogP contribution >= 0.6 is 0 Å². The van der Waals surface area contributed by atoms with Gasteiger partial charge in [0, 0.05) is 33.1 Å². The maximum atomic E-state index is 13.2. The Morgan fingerprint density at radius 1 is 0.920 bits per heavy atom. The van der Waals surface area contributed by atoms with Gasteiger partial charge < -0.3 is 9.80 Å². The predicted molar refractivity (Wildman–Crippen MR) is 100 cm³/mol. The van der Waals surface area contributed by atoms with Crippen molar-refractivity contribution in [2.24, 2.45) is 23.2 Å². The molecular weight excluding hydrogens is 312 g/mol. The Morgan fingerprint density at radius 2 is 1.44 bits per heavy atom. The molecule has 4 heteroatoms. The largest absolute Gasteiger partial charge is 0.345 e. The van der Waals surface area contributed by atoms with Gasteiger partial charge in [-0.2, -0.15) is 0 Å². The molecule has 142 valence electrons. The molecule has 0 aromatic heterocycles. The van der Waals surface area contributed by atoms with Crippen LogP contribution in [-0.4, -0.2) is 48.3 Å². The first-order valence-electron chi connectivity index (χ1n) is 10.5. The predicted octanol–water partition coefficient (Wildman–Crippen LogP) is 3.70. The van der Waals surface area contributed by atoms with Gasteiger partial charge in [-0.15, -0.1) is 0 Å². The Balaban J connectivity index is 1.45. The van der Waals surface area contributed by atoms with E-state index in [1.807, 2.05) is 30.7 Å². The Morgan fingerprint density at radius 3 is 1.92 bits per heavy atom. The van der Waals surface area contributed by atoms with Gasteiger partial charge in [0.25, 0.3) is 0 Å². The second-order valence-electron chi connectivity index (χ2n) is 8.95. The van der Waals surface area contributed by atoms with E-state index in [0.29, 0.717) is 12.3 Å². The molecule has 0 aliphatic heterocycles. The first-order chi connectivity index (χ1) is 12.0. The van der Waals surface area contributed by atoms with Crippen LogP contribution in [0.4, 0.5) is 0 Å². The number of hydrogen-bond donors (Lipinski definition) is 0. The van der Waals surface area contributed by atoms with Crippen molar-refractivity contribution in [3.63, 3.8) is 0 Å². The molecule has 4 saturated carbocycles. The number of carbonyl (C=O) groups is 2. The van der Waals surface area contributed by atoms with E-state index in [9.17, 15) is 9.59 Å². The van der Waals surface area contributed by atoms with Gasteiger partial charge in [-0.3, -0.25) is 9.59 Å². The lowest BCUT2D eigenvalue weighted by Crippen LogP contribution is -2.54. The van der Waals surface area contributed by atoms with Crippen molar-refractivity contribution in [2.45, 2.75) is 71.6 Å². The number of carbonyl (C=O) groups excluding carboxylic acids is 2. The van der Waals surface area contributed by atoms with E-state index in [-0.39, 0.29) is 11.3 Å². The lowest BCUT2D eigenvalue weighted by molar-refractivity contribution is -0.156. The first-order valence-corrected chi connectivity index (χ1v) is 10.5. The molecule has 0 unspecified atom stereocenters. The summed E-state index contributed by atoms with van der Waals surface area (Å²) in [5.41, 5.74) is -0.0272. The summed E-state index contributed by atoms with van der Waals surface area (Å²) in [6.45, 7) is 6.43. The van der Waals surface area contributed by atoms with E-state index in [4.69, 9.17) is 0 Å². The van der Waals surface area contributed by atoms with Crippen LogP contribution < -0.4 is 0 Å². The average Bonchev–Trinajstić information content (AvgIpc) is 2.57. The maximum Gasteiger partial charge on any atom is 0.228 e. The lowest BCUT2D eigenvalue weighted by atomic mass is 9.49. The second kappa shape index (κ2) is 7.67. The lowest BCUT2D eigenvalue weighted by Gasteiger charge is -2.56. The highest BCUT2D eigenvalue weighted by Crippen LogP contribution is 2.60. The summed E-state index contributed by atoms with van der Waals surface area (Å²) in [6, 6.07) is 0. The Bertz CT molecular complexity index is 463. The first kappa shape index (κ1) is 18.7. The van der Waals surface area contributed by atoms with Crippen molar-refractivity contribution in [3.05, 3.63) is 0 Å². The van der Waals surface area contributed by atoms with Crippen molar-refractivity contribution in [1.29, 1.82) is 0 Å². The summed E-state index contributed by atoms with van der Waals surface area (Å²) in [6.07, 6.45) is 9.99. The van der Waals surface area contributed by atoms with Gasteiger partial charge in [0.15, 0.2) is 0 Å². The van der Waals surface area contributed by atoms with Crippen LogP contribution in [0.2, 0.25) is 0 Å². The zero-order chi connectivity index (χ0) is 18.0. The highest BCUT2D eigenvalue weighted by Gasteiger charge is 2.55. The molecule has 0 radical (unpaired) electrons. The molecule has 0 aromatic rings. The van der Waals surface area contributed by atoms with Crippen LogP contribution in [-0.2, 0) is 9.59 Å². The fraction of sp³-hybridized carbons (Fsp3) is 0.905. The van der Waals surface area contributed by atoms with Crippen molar-refractivity contribution in [3.8, 4) is 0 Å². The molecule has 0 N–H and O–H groups in total. The third kappa shape index (κ3) is 3.88. The van der Waals surface area contributed by atoms with Gasteiger partial charge in [0.1, 0.15) is 0 Å². The number of unbranched alkanes of at least 4 members (excludes halogenated alkanes) is 1. The molecule has 2 amide bonds. The van der Waals surface area contributed by atoms with Gasteiger partial charge in [0.05, 0.1) is 5.41 Å². The van der Waals surface area contributed by atoms with E-state index in [1.54, 1.807) is 0 Å². The molecule has 0 atom stereocenters. The van der Waals surface area contributed by atoms with E-state index in [2.05, 4.69) is 0 Å². The third-order valence-corrected chi connectivity index (χ3v) is 7.09. The van der Waals surface area contributed by atoms with E-state index >= 15 is 0 Å². The minimum atomic E-state index is -0.0272. The number of nitrogens with zero attached hydrogens (tertiary/aromatic N) is 2. The van der Waals surface area contributed by atoms with Gasteiger partial charge in [-0.05, 0) is 83.0 Å². The summed E-state index contributed by atoms with van der Waals surface area (Å²) in [5, 5.41) is 0. The maximum absolute atomic E-state index is 13.2. The van der Waals surface area contributed by atoms with Crippen molar-refractivity contribution < 1.29 is 9.59 Å². The highest BCUT2D eigenvalue weighted by molar-refractivity contribution is 5.83. The monoisotopic (exact) mass is 348 g/mol. The van der Waals surface area contributed by atoms with E-state index < -0.39 is 0 Å². The van der Waals surface area contributed by atoms with Crippen LogP contribution in [0.3, 0.4) is 0 Å². The summed E-state index contributed by atoms with van der Waals surface area (Å²) < 4.78 is 0. The molecule has 4 aliphatic rings. The van der Waals surface area contributed by atoms with Crippen LogP contribution in [0.15, 0.2) is 0 Å². The summed E-state index contributed by atoms with van der Waals surface area (Å²) in [4.78, 5) is 29.1. The SMILES string of the molecule is CCN(CC)C(=O)CCCCN(C)C(=O)C12CC3CC(CC(C3)C1)C2. The fourth-order valence-corrected chi connectivity index (χ4v) is 6.24. The zero-order valence-electron chi connectivity index (χ0n) is 16.4. The van der Waals surface area contributed by atoms with Crippen molar-refractivity contribution >= 4 is 11.8 Å². The second-order valence-corrected chi connectivity index (χ2v) is 8.95. The van der Waals surface area contributed by atoms with Gasteiger partial charge >= 0.3 is 0 Å². The van der Waals surface area contributed by atoms with Crippen molar-refractivity contribution in [1.82, 2.24) is 9.80 Å². The molecule has 4 nitrogen and oxygen atoms in total. The molecule has 4 rings (SSSR count). The number of hydrogen-bond acceptors (Lipinski definition) is 2. The molecule has 4 fully saturated rings. The van der Waals surface area contributed by atoms with Gasteiger partial charge in [0.2, 0.25) is 11.8 Å². The zero-order valence-corrected chi connectivity index (χ0v) is 16.4. The van der Waals surface area contributed by atoms with Crippen molar-refractivity contribution in [2.75, 3.05) is 26.7 Å². The normalized spacial score (nSPS) is 32.7. The molecule has 0 heterocycles. The molecule has 0 spiro atoms. The number of amides is 2. The molecule has 0 aromatic carbocycles. The average molecular weight is 349 g/mol. The number of rotatable bonds is 8. The smallest absolute Gasteiger partial charge is 0.228 e. The minimum absolute atomic E-state index is 0.0272. The van der Waals surface area contributed by atoms with E-state index in [1.165, 1.54) is 19.3 Å². The third-order valence-electron chi connectivity index (χ3n) is 7.09. The summed E-state index contributed by atoms with van der Waals surface area (Å²) in [7, 11) is 1.98. The van der Waals surface area contributed by atoms with Gasteiger partial charge in [-0.1, -0.05) is 0 Å². The standard InChI is InChI=1S/C21H36N2O2/c1-4-23(5-2)19(24)8-6-7-9-22(3)20(25)21-13-16-10-17(14-21)12-18(11-16)15-21/h16-18H,4-15H2,1-3H3. The Kier molecular flexibility index (Phi) is 5.75. The molecule has 4 aliphatic carbocycles. The molecule has 0 saturated heterocycles. The Labute approximate surface area is 153 Å². The van der Waals surface area contributed by atoms with E-state index in [0.717, 1.165) is 69.5 Å². The molecule has 25 heavy (non-hydrogen) atoms. The van der Waals surface area contributed by atoms with Crippen LogP contribution in [0.5, 0.6) is 0 Å². The van der Waals surface area contributed by atoms with Gasteiger partial charge in [-0.25, -0.2) is 0 Å². The fourth-order valence-electron chi connectivity index (χ4n) is 6.24. The quantitative estimate of drug-likeness (QED) is 0.628. The van der Waals surface area contributed by atoms with Crippen LogP contribution in [0, 0.1) is 23.2 Å². The topological polar surface area (TPSA) is 40.6 Å². The summed E-state index contributed by atoms with van der Waals surface area (Å²) >= 11 is 0. The van der Waals surface area contributed by atoms with Crippen LogP contribution in [0.1, 0.15) is 71.6 Å².